The van der Waals surface area contributed by atoms with E-state index in [0.717, 1.165) is 16.7 Å². The molecule has 3 N–H and O–H groups in total. The maximum Gasteiger partial charge on any atom is 0.287 e. The first-order valence-electron chi connectivity index (χ1n) is 10.3. The number of carbonyl (C=O) groups excluding carboxylic acids is 3. The third kappa shape index (κ3) is 3.54. The van der Waals surface area contributed by atoms with Gasteiger partial charge in [0.05, 0.1) is 24.1 Å². The van der Waals surface area contributed by atoms with E-state index in [-0.39, 0.29) is 42.7 Å². The predicted octanol–water partition coefficient (Wildman–Crippen LogP) is 2.40. The zero-order chi connectivity index (χ0) is 22.2. The molecule has 2 aromatic carbocycles. The van der Waals surface area contributed by atoms with E-state index >= 15 is 0 Å². The number of hydrogen-bond acceptors (Lipinski definition) is 5. The van der Waals surface area contributed by atoms with E-state index in [4.69, 9.17) is 4.42 Å². The summed E-state index contributed by atoms with van der Waals surface area (Å²) in [7, 11) is 0. The molecule has 0 bridgehead atoms. The minimum absolute atomic E-state index is 0.0387. The summed E-state index contributed by atoms with van der Waals surface area (Å²) < 4.78 is 5.12. The Bertz CT molecular complexity index is 1190. The highest BCUT2D eigenvalue weighted by atomic mass is 16.3. The third-order valence-corrected chi connectivity index (χ3v) is 5.92. The summed E-state index contributed by atoms with van der Waals surface area (Å²) in [6, 6.07) is 14.9. The fourth-order valence-electron chi connectivity index (χ4n) is 4.26. The monoisotopic (exact) mass is 431 g/mol. The summed E-state index contributed by atoms with van der Waals surface area (Å²) in [5, 5.41) is 14.9. The Hall–Kier alpha value is -3.91. The van der Waals surface area contributed by atoms with E-state index in [1.54, 1.807) is 24.3 Å². The Morgan fingerprint density at radius 1 is 1.12 bits per heavy atom. The van der Waals surface area contributed by atoms with Crippen LogP contribution in [0.15, 0.2) is 65.3 Å². The number of benzene rings is 2. The normalized spacial score (nSPS) is 19.7. The fraction of sp³-hybridized carbons (Fsp3) is 0.208. The van der Waals surface area contributed by atoms with Gasteiger partial charge in [0.1, 0.15) is 6.04 Å². The van der Waals surface area contributed by atoms with Crippen molar-refractivity contribution in [1.82, 2.24) is 10.2 Å². The second-order valence-corrected chi connectivity index (χ2v) is 7.96. The van der Waals surface area contributed by atoms with Gasteiger partial charge >= 0.3 is 0 Å². The van der Waals surface area contributed by atoms with Crippen LogP contribution in [0.2, 0.25) is 0 Å². The van der Waals surface area contributed by atoms with Gasteiger partial charge in [0.15, 0.2) is 5.76 Å². The molecule has 32 heavy (non-hydrogen) atoms. The van der Waals surface area contributed by atoms with E-state index < -0.39 is 6.04 Å². The molecule has 2 unspecified atom stereocenters. The lowest BCUT2D eigenvalue weighted by Gasteiger charge is -2.20. The summed E-state index contributed by atoms with van der Waals surface area (Å²) in [6.07, 6.45) is 1.74. The van der Waals surface area contributed by atoms with E-state index in [9.17, 15) is 19.5 Å². The number of nitrogens with zero attached hydrogens (tertiary/aromatic N) is 1. The molecule has 0 spiro atoms. The molecule has 5 rings (SSSR count). The van der Waals surface area contributed by atoms with Crippen molar-refractivity contribution in [2.45, 2.75) is 25.1 Å². The third-order valence-electron chi connectivity index (χ3n) is 5.92. The van der Waals surface area contributed by atoms with Gasteiger partial charge in [-0.25, -0.2) is 0 Å². The first kappa shape index (κ1) is 20.0. The first-order chi connectivity index (χ1) is 15.5. The molecule has 1 fully saturated rings. The van der Waals surface area contributed by atoms with Crippen molar-refractivity contribution in [3.8, 4) is 11.1 Å². The van der Waals surface area contributed by atoms with E-state index in [2.05, 4.69) is 10.6 Å². The number of furan rings is 1. The van der Waals surface area contributed by atoms with Gasteiger partial charge in [0, 0.05) is 12.6 Å². The number of amides is 3. The zero-order valence-electron chi connectivity index (χ0n) is 17.1. The van der Waals surface area contributed by atoms with Gasteiger partial charge in [-0.2, -0.15) is 0 Å². The number of hydrogen-bond donors (Lipinski definition) is 3. The maximum atomic E-state index is 13.4. The summed E-state index contributed by atoms with van der Waals surface area (Å²) >= 11 is 0. The molecule has 2 aliphatic heterocycles. The Morgan fingerprint density at radius 3 is 2.62 bits per heavy atom. The summed E-state index contributed by atoms with van der Waals surface area (Å²) in [4.78, 5) is 40.0. The molecule has 3 heterocycles. The lowest BCUT2D eigenvalue weighted by molar-refractivity contribution is -0.119. The molecule has 1 saturated heterocycles. The maximum absolute atomic E-state index is 13.4. The molecule has 1 aromatic heterocycles. The van der Waals surface area contributed by atoms with Gasteiger partial charge in [0.25, 0.3) is 11.8 Å². The number of aliphatic hydroxyl groups is 1. The van der Waals surface area contributed by atoms with Gasteiger partial charge in [-0.3, -0.25) is 14.4 Å². The molecule has 0 saturated carbocycles. The molecule has 8 nitrogen and oxygen atoms in total. The van der Waals surface area contributed by atoms with E-state index in [1.807, 2.05) is 30.3 Å². The summed E-state index contributed by atoms with van der Waals surface area (Å²) in [5.41, 5.74) is 3.41. The SMILES string of the molecule is O=C(NC1CC2C(=O)Nc3ccc(-c4ccc(CO)cc4)cc3C(=O)N2C1)c1ccco1. The molecule has 0 radical (unpaired) electrons. The van der Waals surface area contributed by atoms with Crippen LogP contribution in [0, 0.1) is 0 Å². The van der Waals surface area contributed by atoms with E-state index in [0.29, 0.717) is 17.7 Å². The predicted molar refractivity (Wildman–Crippen MR) is 116 cm³/mol. The minimum Gasteiger partial charge on any atom is -0.459 e. The van der Waals surface area contributed by atoms with Crippen molar-refractivity contribution >= 4 is 23.4 Å². The topological polar surface area (TPSA) is 112 Å². The first-order valence-corrected chi connectivity index (χ1v) is 10.3. The highest BCUT2D eigenvalue weighted by Gasteiger charge is 2.43. The largest absolute Gasteiger partial charge is 0.459 e. The quantitative estimate of drug-likeness (QED) is 0.587. The van der Waals surface area contributed by atoms with Crippen LogP contribution < -0.4 is 10.6 Å². The minimum atomic E-state index is -0.663. The number of nitrogens with one attached hydrogen (secondary N) is 2. The smallest absolute Gasteiger partial charge is 0.287 e. The molecule has 8 heteroatoms. The van der Waals surface area contributed by atoms with Crippen LogP contribution in [-0.2, 0) is 11.4 Å². The van der Waals surface area contributed by atoms with Gasteiger partial charge < -0.3 is 25.1 Å². The van der Waals surface area contributed by atoms with Gasteiger partial charge in [-0.05, 0) is 47.4 Å². The number of anilines is 1. The van der Waals surface area contributed by atoms with Gasteiger partial charge in [-0.15, -0.1) is 0 Å². The Labute approximate surface area is 183 Å². The lowest BCUT2D eigenvalue weighted by atomic mass is 10.00. The molecule has 3 aromatic rings. The molecule has 0 aliphatic carbocycles. The van der Waals surface area contributed by atoms with Crippen molar-refractivity contribution < 1.29 is 23.9 Å². The average Bonchev–Trinajstić information content (AvgIpc) is 3.48. The number of aliphatic hydroxyl groups excluding tert-OH is 1. The number of fused-ring (bicyclic) bond motifs is 2. The fourth-order valence-corrected chi connectivity index (χ4v) is 4.26. The number of carbonyl (C=O) groups is 3. The average molecular weight is 431 g/mol. The lowest BCUT2D eigenvalue weighted by Crippen LogP contribution is -2.41. The molecular weight excluding hydrogens is 410 g/mol. The zero-order valence-corrected chi connectivity index (χ0v) is 17.1. The standard InChI is InChI=1S/C24H21N3O5/c28-13-14-3-5-15(6-4-14)16-7-8-19-18(10-16)24(31)27-12-17(11-20(27)22(29)26-19)25-23(30)21-2-1-9-32-21/h1-10,17,20,28H,11-13H2,(H,25,30)(H,26,29). The van der Waals surface area contributed by atoms with Crippen LogP contribution in [-0.4, -0.2) is 46.4 Å². The van der Waals surface area contributed by atoms with E-state index in [1.165, 1.54) is 11.2 Å². The Morgan fingerprint density at radius 2 is 1.91 bits per heavy atom. The van der Waals surface area contributed by atoms with Crippen molar-refractivity contribution in [3.63, 3.8) is 0 Å². The molecule has 3 amide bonds. The van der Waals surface area contributed by atoms with Crippen LogP contribution in [0.3, 0.4) is 0 Å². The number of rotatable bonds is 4. The van der Waals surface area contributed by atoms with Crippen LogP contribution in [0.25, 0.3) is 11.1 Å². The molecule has 162 valence electrons. The van der Waals surface area contributed by atoms with Crippen molar-refractivity contribution in [1.29, 1.82) is 0 Å². The summed E-state index contributed by atoms with van der Waals surface area (Å²) in [6.45, 7) is 0.196. The van der Waals surface area contributed by atoms with Gasteiger partial charge in [0.2, 0.25) is 5.91 Å². The van der Waals surface area contributed by atoms with Crippen LogP contribution >= 0.6 is 0 Å². The molecule has 2 aliphatic rings. The second-order valence-electron chi connectivity index (χ2n) is 7.96. The molecule has 2 atom stereocenters. The summed E-state index contributed by atoms with van der Waals surface area (Å²) in [5.74, 6) is -0.719. The second kappa shape index (κ2) is 7.97. The van der Waals surface area contributed by atoms with Crippen molar-refractivity contribution in [2.75, 3.05) is 11.9 Å². The highest BCUT2D eigenvalue weighted by Crippen LogP contribution is 2.32. The molecular formula is C24H21N3O5. The van der Waals surface area contributed by atoms with Gasteiger partial charge in [-0.1, -0.05) is 30.3 Å². The van der Waals surface area contributed by atoms with Crippen LogP contribution in [0.4, 0.5) is 5.69 Å². The van der Waals surface area contributed by atoms with Crippen LogP contribution in [0.5, 0.6) is 0 Å². The van der Waals surface area contributed by atoms with Crippen molar-refractivity contribution in [3.05, 3.63) is 77.7 Å². The Kier molecular flexibility index (Phi) is 4.99. The van der Waals surface area contributed by atoms with Crippen LogP contribution in [0.1, 0.15) is 32.9 Å². The highest BCUT2D eigenvalue weighted by molar-refractivity contribution is 6.11. The van der Waals surface area contributed by atoms with Crippen molar-refractivity contribution in [2.24, 2.45) is 0 Å². The Balaban J connectivity index is 1.40.